The molecule has 0 aliphatic carbocycles. The molecule has 0 bridgehead atoms. The SMILES string of the molecule is CC(C)c1ccccc1N1C[C@H](NN)SCC1=O. The largest absolute Gasteiger partial charge is 0.309 e. The number of amides is 1. The van der Waals surface area contributed by atoms with Gasteiger partial charge in [-0.2, -0.15) is 0 Å². The summed E-state index contributed by atoms with van der Waals surface area (Å²) in [5, 5.41) is 0.0999. The average molecular weight is 265 g/mol. The third kappa shape index (κ3) is 2.68. The van der Waals surface area contributed by atoms with Gasteiger partial charge < -0.3 is 4.90 Å². The molecule has 98 valence electrons. The maximum Gasteiger partial charge on any atom is 0.237 e. The number of nitrogens with zero attached hydrogens (tertiary/aromatic N) is 1. The van der Waals surface area contributed by atoms with Gasteiger partial charge in [0.2, 0.25) is 5.91 Å². The predicted molar refractivity (Wildman–Crippen MR) is 76.5 cm³/mol. The first-order valence-corrected chi connectivity index (χ1v) is 7.15. The van der Waals surface area contributed by atoms with Crippen molar-refractivity contribution in [3.63, 3.8) is 0 Å². The van der Waals surface area contributed by atoms with Crippen molar-refractivity contribution >= 4 is 23.4 Å². The maximum absolute atomic E-state index is 12.1. The van der Waals surface area contributed by atoms with E-state index < -0.39 is 0 Å². The fraction of sp³-hybridized carbons (Fsp3) is 0.462. The van der Waals surface area contributed by atoms with Crippen LogP contribution in [0.1, 0.15) is 25.3 Å². The molecule has 1 amide bonds. The number of carbonyl (C=O) groups is 1. The average Bonchev–Trinajstić information content (AvgIpc) is 2.39. The van der Waals surface area contributed by atoms with Gasteiger partial charge in [-0.05, 0) is 17.5 Å². The Morgan fingerprint density at radius 3 is 2.83 bits per heavy atom. The van der Waals surface area contributed by atoms with Crippen molar-refractivity contribution in [2.75, 3.05) is 17.2 Å². The van der Waals surface area contributed by atoms with E-state index in [1.807, 2.05) is 23.1 Å². The molecule has 1 fully saturated rings. The van der Waals surface area contributed by atoms with Gasteiger partial charge in [0.25, 0.3) is 0 Å². The molecule has 18 heavy (non-hydrogen) atoms. The summed E-state index contributed by atoms with van der Waals surface area (Å²) >= 11 is 1.56. The van der Waals surface area contributed by atoms with Crippen LogP contribution in [-0.2, 0) is 4.79 Å². The Morgan fingerprint density at radius 1 is 1.44 bits per heavy atom. The van der Waals surface area contributed by atoms with Crippen LogP contribution in [0.3, 0.4) is 0 Å². The van der Waals surface area contributed by atoms with Gasteiger partial charge in [0.1, 0.15) is 0 Å². The van der Waals surface area contributed by atoms with Gasteiger partial charge in [-0.25, -0.2) is 5.43 Å². The second-order valence-corrected chi connectivity index (χ2v) is 5.88. The molecule has 0 radical (unpaired) electrons. The summed E-state index contributed by atoms with van der Waals surface area (Å²) in [6.45, 7) is 4.89. The smallest absolute Gasteiger partial charge is 0.237 e. The second-order valence-electron chi connectivity index (χ2n) is 4.68. The predicted octanol–water partition coefficient (Wildman–Crippen LogP) is 1.68. The van der Waals surface area contributed by atoms with Crippen LogP contribution in [0.25, 0.3) is 0 Å². The Kier molecular flexibility index (Phi) is 4.27. The third-order valence-corrected chi connectivity index (χ3v) is 4.19. The minimum atomic E-state index is 0.0999. The van der Waals surface area contributed by atoms with Crippen molar-refractivity contribution < 1.29 is 4.79 Å². The van der Waals surface area contributed by atoms with Gasteiger partial charge in [0.15, 0.2) is 0 Å². The van der Waals surface area contributed by atoms with Crippen LogP contribution in [0.4, 0.5) is 5.69 Å². The van der Waals surface area contributed by atoms with Gasteiger partial charge in [0.05, 0.1) is 17.7 Å². The molecule has 1 atom stereocenters. The summed E-state index contributed by atoms with van der Waals surface area (Å²) in [5.74, 6) is 6.50. The molecular weight excluding hydrogens is 246 g/mol. The summed E-state index contributed by atoms with van der Waals surface area (Å²) in [6.07, 6.45) is 0. The van der Waals surface area contributed by atoms with Gasteiger partial charge in [-0.1, -0.05) is 32.0 Å². The molecule has 1 saturated heterocycles. The van der Waals surface area contributed by atoms with Crippen molar-refractivity contribution in [1.82, 2.24) is 5.43 Å². The Labute approximate surface area is 112 Å². The van der Waals surface area contributed by atoms with E-state index in [0.29, 0.717) is 18.2 Å². The maximum atomic E-state index is 12.1. The van der Waals surface area contributed by atoms with Crippen LogP contribution in [-0.4, -0.2) is 23.6 Å². The lowest BCUT2D eigenvalue weighted by Crippen LogP contribution is -2.50. The Bertz CT molecular complexity index is 436. The van der Waals surface area contributed by atoms with Crippen molar-refractivity contribution in [3.05, 3.63) is 29.8 Å². The zero-order valence-corrected chi connectivity index (χ0v) is 11.5. The van der Waals surface area contributed by atoms with Crippen LogP contribution in [0, 0.1) is 0 Å². The molecule has 1 heterocycles. The lowest BCUT2D eigenvalue weighted by Gasteiger charge is -2.33. The monoisotopic (exact) mass is 265 g/mol. The number of hydrogen-bond donors (Lipinski definition) is 2. The molecule has 0 aromatic heterocycles. The first kappa shape index (κ1) is 13.4. The fourth-order valence-corrected chi connectivity index (χ4v) is 2.98. The molecule has 1 aliphatic rings. The fourth-order valence-electron chi connectivity index (χ4n) is 2.13. The van der Waals surface area contributed by atoms with Crippen molar-refractivity contribution in [2.45, 2.75) is 25.1 Å². The number of anilines is 1. The highest BCUT2D eigenvalue weighted by Crippen LogP contribution is 2.30. The molecule has 4 nitrogen and oxygen atoms in total. The molecule has 0 saturated carbocycles. The zero-order chi connectivity index (χ0) is 13.1. The number of rotatable bonds is 3. The van der Waals surface area contributed by atoms with Crippen molar-refractivity contribution in [2.24, 2.45) is 5.84 Å². The summed E-state index contributed by atoms with van der Waals surface area (Å²) in [5.41, 5.74) is 4.96. The summed E-state index contributed by atoms with van der Waals surface area (Å²) in [6, 6.07) is 8.08. The van der Waals surface area contributed by atoms with Gasteiger partial charge in [0, 0.05) is 5.69 Å². The van der Waals surface area contributed by atoms with Gasteiger partial charge >= 0.3 is 0 Å². The normalized spacial score (nSPS) is 20.6. The topological polar surface area (TPSA) is 58.4 Å². The van der Waals surface area contributed by atoms with Gasteiger partial charge in [-0.15, -0.1) is 11.8 Å². The summed E-state index contributed by atoms with van der Waals surface area (Å²) < 4.78 is 0. The van der Waals surface area contributed by atoms with E-state index in [1.165, 1.54) is 5.56 Å². The zero-order valence-electron chi connectivity index (χ0n) is 10.7. The molecule has 0 unspecified atom stereocenters. The number of nitrogens with one attached hydrogen (secondary N) is 1. The first-order chi connectivity index (χ1) is 8.63. The third-order valence-electron chi connectivity index (χ3n) is 3.09. The highest BCUT2D eigenvalue weighted by atomic mass is 32.2. The molecular formula is C13H19N3OS. The van der Waals surface area contributed by atoms with Crippen molar-refractivity contribution in [1.29, 1.82) is 0 Å². The number of carbonyl (C=O) groups excluding carboxylic acids is 1. The van der Waals surface area contributed by atoms with Crippen LogP contribution >= 0.6 is 11.8 Å². The van der Waals surface area contributed by atoms with Gasteiger partial charge in [-0.3, -0.25) is 10.6 Å². The van der Waals surface area contributed by atoms with Crippen molar-refractivity contribution in [3.8, 4) is 0 Å². The van der Waals surface area contributed by atoms with E-state index in [9.17, 15) is 4.79 Å². The minimum absolute atomic E-state index is 0.0999. The minimum Gasteiger partial charge on any atom is -0.309 e. The highest BCUT2D eigenvalue weighted by molar-refractivity contribution is 8.00. The Morgan fingerprint density at radius 2 is 2.17 bits per heavy atom. The first-order valence-electron chi connectivity index (χ1n) is 6.10. The molecule has 5 heteroatoms. The van der Waals surface area contributed by atoms with E-state index in [-0.39, 0.29) is 11.3 Å². The molecule has 2 rings (SSSR count). The molecule has 3 N–H and O–H groups in total. The number of para-hydroxylation sites is 1. The number of thioether (sulfide) groups is 1. The molecule has 1 aliphatic heterocycles. The molecule has 1 aromatic rings. The number of nitrogens with two attached hydrogens (primary N) is 1. The number of hydrazine groups is 1. The lowest BCUT2D eigenvalue weighted by atomic mass is 10.0. The lowest BCUT2D eigenvalue weighted by molar-refractivity contribution is -0.116. The van der Waals surface area contributed by atoms with Crippen LogP contribution < -0.4 is 16.2 Å². The quantitative estimate of drug-likeness (QED) is 0.645. The van der Waals surface area contributed by atoms with E-state index in [1.54, 1.807) is 11.8 Å². The standard InChI is InChI=1S/C13H19N3OS/c1-9(2)10-5-3-4-6-11(10)16-7-12(15-14)18-8-13(16)17/h3-6,9,12,15H,7-8,14H2,1-2H3/t12-/m1/s1. The van der Waals surface area contributed by atoms with Crippen LogP contribution in [0.15, 0.2) is 24.3 Å². The highest BCUT2D eigenvalue weighted by Gasteiger charge is 2.28. The number of hydrogen-bond acceptors (Lipinski definition) is 4. The van der Waals surface area contributed by atoms with Crippen LogP contribution in [0.5, 0.6) is 0 Å². The number of benzene rings is 1. The second kappa shape index (κ2) is 5.73. The molecule has 1 aromatic carbocycles. The van der Waals surface area contributed by atoms with E-state index >= 15 is 0 Å². The van der Waals surface area contributed by atoms with E-state index in [2.05, 4.69) is 25.3 Å². The Balaban J connectivity index is 2.31. The Hall–Kier alpha value is -1.04. The van der Waals surface area contributed by atoms with Crippen LogP contribution in [0.2, 0.25) is 0 Å². The van der Waals surface area contributed by atoms with E-state index in [4.69, 9.17) is 5.84 Å². The summed E-state index contributed by atoms with van der Waals surface area (Å²) in [7, 11) is 0. The summed E-state index contributed by atoms with van der Waals surface area (Å²) in [4.78, 5) is 13.9. The van der Waals surface area contributed by atoms with E-state index in [0.717, 1.165) is 5.69 Å². The molecule has 0 spiro atoms.